The molecule has 0 spiro atoms. The maximum absolute atomic E-state index is 6.00. The van der Waals surface area contributed by atoms with E-state index in [1.165, 1.54) is 32.2 Å². The van der Waals surface area contributed by atoms with Crippen LogP contribution in [0.25, 0.3) is 0 Å². The summed E-state index contributed by atoms with van der Waals surface area (Å²) in [4.78, 5) is 4.98. The van der Waals surface area contributed by atoms with Gasteiger partial charge in [-0.05, 0) is 46.3 Å². The van der Waals surface area contributed by atoms with Crippen molar-refractivity contribution < 1.29 is 0 Å². The molecule has 1 saturated heterocycles. The zero-order valence-corrected chi connectivity index (χ0v) is 9.50. The quantitative estimate of drug-likeness (QED) is 0.715. The lowest BCUT2D eigenvalue weighted by Crippen LogP contribution is -2.61. The van der Waals surface area contributed by atoms with Gasteiger partial charge in [0.05, 0.1) is 0 Å². The Bertz CT molecular complexity index is 203. The predicted octanol–water partition coefficient (Wildman–Crippen LogP) is 0.504. The van der Waals surface area contributed by atoms with Crippen molar-refractivity contribution in [2.75, 3.05) is 33.7 Å². The molecule has 0 amide bonds. The maximum atomic E-state index is 6.00. The molecular formula is C11H23N3. The van der Waals surface area contributed by atoms with E-state index in [2.05, 4.69) is 23.9 Å². The van der Waals surface area contributed by atoms with E-state index in [0.29, 0.717) is 0 Å². The largest absolute Gasteiger partial charge is 0.329 e. The molecule has 2 aliphatic rings. The lowest BCUT2D eigenvalue weighted by atomic mass is 9.87. The zero-order valence-electron chi connectivity index (χ0n) is 9.50. The topological polar surface area (TPSA) is 32.5 Å². The summed E-state index contributed by atoms with van der Waals surface area (Å²) in [6, 6.07) is 0.824. The van der Waals surface area contributed by atoms with Crippen molar-refractivity contribution in [2.45, 2.75) is 37.3 Å². The zero-order chi connectivity index (χ0) is 10.2. The van der Waals surface area contributed by atoms with Gasteiger partial charge in [0.15, 0.2) is 0 Å². The lowest BCUT2D eigenvalue weighted by molar-refractivity contribution is 0.0394. The Hall–Kier alpha value is -0.120. The summed E-state index contributed by atoms with van der Waals surface area (Å²) in [5, 5.41) is 0. The van der Waals surface area contributed by atoms with Gasteiger partial charge in [-0.25, -0.2) is 0 Å². The molecule has 0 aromatic carbocycles. The van der Waals surface area contributed by atoms with Gasteiger partial charge in [0.25, 0.3) is 0 Å². The van der Waals surface area contributed by atoms with Crippen LogP contribution in [-0.4, -0.2) is 55.1 Å². The first-order chi connectivity index (χ1) is 6.68. The molecule has 14 heavy (non-hydrogen) atoms. The van der Waals surface area contributed by atoms with Crippen LogP contribution >= 0.6 is 0 Å². The molecule has 1 unspecified atom stereocenters. The molecule has 2 fully saturated rings. The van der Waals surface area contributed by atoms with E-state index in [1.807, 2.05) is 0 Å². The molecule has 0 bridgehead atoms. The summed E-state index contributed by atoms with van der Waals surface area (Å²) in [7, 11) is 4.48. The summed E-state index contributed by atoms with van der Waals surface area (Å²) < 4.78 is 0. The SMILES string of the molecule is CN1CCCC(CN)(N(C)C2CC2)C1. The lowest BCUT2D eigenvalue weighted by Gasteiger charge is -2.47. The smallest absolute Gasteiger partial charge is 0.0458 e. The van der Waals surface area contributed by atoms with Crippen molar-refractivity contribution >= 4 is 0 Å². The second kappa shape index (κ2) is 3.80. The standard InChI is InChI=1S/C11H23N3/c1-13-7-3-6-11(8-12,9-13)14(2)10-4-5-10/h10H,3-9,12H2,1-2H3. The Morgan fingerprint density at radius 3 is 2.71 bits per heavy atom. The van der Waals surface area contributed by atoms with Crippen LogP contribution in [0.5, 0.6) is 0 Å². The third-order valence-electron chi connectivity index (χ3n) is 3.97. The van der Waals surface area contributed by atoms with Gasteiger partial charge in [-0.15, -0.1) is 0 Å². The summed E-state index contributed by atoms with van der Waals surface area (Å²) >= 11 is 0. The van der Waals surface area contributed by atoms with Gasteiger partial charge in [-0.3, -0.25) is 4.90 Å². The number of hydrogen-bond acceptors (Lipinski definition) is 3. The molecule has 1 atom stereocenters. The van der Waals surface area contributed by atoms with E-state index in [9.17, 15) is 0 Å². The van der Waals surface area contributed by atoms with Crippen molar-refractivity contribution in [1.82, 2.24) is 9.80 Å². The minimum absolute atomic E-state index is 0.272. The fourth-order valence-corrected chi connectivity index (χ4v) is 2.79. The number of likely N-dealkylation sites (tertiary alicyclic amines) is 1. The minimum atomic E-state index is 0.272. The van der Waals surface area contributed by atoms with Gasteiger partial charge < -0.3 is 10.6 Å². The molecule has 1 aliphatic heterocycles. The summed E-state index contributed by atoms with van der Waals surface area (Å²) in [6.45, 7) is 3.20. The highest BCUT2D eigenvalue weighted by Crippen LogP contribution is 2.35. The van der Waals surface area contributed by atoms with Crippen molar-refractivity contribution in [3.05, 3.63) is 0 Å². The molecule has 3 heteroatoms. The van der Waals surface area contributed by atoms with E-state index in [4.69, 9.17) is 5.73 Å². The Morgan fingerprint density at radius 2 is 2.21 bits per heavy atom. The second-order valence-corrected chi connectivity index (χ2v) is 5.11. The number of nitrogens with two attached hydrogens (primary N) is 1. The average Bonchev–Trinajstić information content (AvgIpc) is 3.00. The van der Waals surface area contributed by atoms with Crippen LogP contribution in [-0.2, 0) is 0 Å². The Labute approximate surface area is 87.2 Å². The highest BCUT2D eigenvalue weighted by Gasteiger charge is 2.42. The van der Waals surface area contributed by atoms with Crippen LogP contribution in [0.1, 0.15) is 25.7 Å². The first-order valence-corrected chi connectivity index (χ1v) is 5.79. The van der Waals surface area contributed by atoms with Crippen molar-refractivity contribution in [3.63, 3.8) is 0 Å². The van der Waals surface area contributed by atoms with E-state index in [0.717, 1.165) is 19.1 Å². The van der Waals surface area contributed by atoms with Crippen LogP contribution < -0.4 is 5.73 Å². The van der Waals surface area contributed by atoms with Gasteiger partial charge in [-0.1, -0.05) is 0 Å². The van der Waals surface area contributed by atoms with Crippen molar-refractivity contribution in [3.8, 4) is 0 Å². The van der Waals surface area contributed by atoms with Crippen LogP contribution in [0.15, 0.2) is 0 Å². The van der Waals surface area contributed by atoms with Crippen molar-refractivity contribution in [1.29, 1.82) is 0 Å². The third kappa shape index (κ3) is 1.81. The van der Waals surface area contributed by atoms with E-state index >= 15 is 0 Å². The van der Waals surface area contributed by atoms with Gasteiger partial charge in [0.1, 0.15) is 0 Å². The molecule has 0 aromatic heterocycles. The average molecular weight is 197 g/mol. The van der Waals surface area contributed by atoms with E-state index < -0.39 is 0 Å². The number of piperidine rings is 1. The highest BCUT2D eigenvalue weighted by atomic mass is 15.3. The minimum Gasteiger partial charge on any atom is -0.329 e. The van der Waals surface area contributed by atoms with Crippen molar-refractivity contribution in [2.24, 2.45) is 5.73 Å². The number of hydrogen-bond donors (Lipinski definition) is 1. The van der Waals surface area contributed by atoms with Crippen LogP contribution in [0.3, 0.4) is 0 Å². The monoisotopic (exact) mass is 197 g/mol. The highest BCUT2D eigenvalue weighted by molar-refractivity contribution is 5.01. The maximum Gasteiger partial charge on any atom is 0.0458 e. The van der Waals surface area contributed by atoms with Gasteiger partial charge in [0, 0.05) is 24.7 Å². The Kier molecular flexibility index (Phi) is 2.82. The molecule has 1 heterocycles. The van der Waals surface area contributed by atoms with Gasteiger partial charge in [0.2, 0.25) is 0 Å². The van der Waals surface area contributed by atoms with Gasteiger partial charge in [-0.2, -0.15) is 0 Å². The summed E-state index contributed by atoms with van der Waals surface area (Å²) in [5.74, 6) is 0. The van der Waals surface area contributed by atoms with E-state index in [-0.39, 0.29) is 5.54 Å². The molecule has 1 saturated carbocycles. The predicted molar refractivity (Wildman–Crippen MR) is 59.3 cm³/mol. The number of rotatable bonds is 3. The number of nitrogens with zero attached hydrogens (tertiary/aromatic N) is 2. The molecular weight excluding hydrogens is 174 g/mol. The second-order valence-electron chi connectivity index (χ2n) is 5.11. The van der Waals surface area contributed by atoms with Crippen LogP contribution in [0, 0.1) is 0 Å². The molecule has 1 aliphatic carbocycles. The molecule has 3 nitrogen and oxygen atoms in total. The summed E-state index contributed by atoms with van der Waals surface area (Å²) in [6.07, 6.45) is 5.33. The molecule has 0 radical (unpaired) electrons. The Morgan fingerprint density at radius 1 is 1.50 bits per heavy atom. The fourth-order valence-electron chi connectivity index (χ4n) is 2.79. The molecule has 0 aromatic rings. The third-order valence-corrected chi connectivity index (χ3v) is 3.97. The number of likely N-dealkylation sites (N-methyl/N-ethyl adjacent to an activating group) is 2. The normalized spacial score (nSPS) is 35.1. The Balaban J connectivity index is 2.06. The first kappa shape index (κ1) is 10.4. The van der Waals surface area contributed by atoms with E-state index in [1.54, 1.807) is 0 Å². The first-order valence-electron chi connectivity index (χ1n) is 5.79. The fraction of sp³-hybridized carbons (Fsp3) is 1.00. The molecule has 2 rings (SSSR count). The van der Waals surface area contributed by atoms with Crippen LogP contribution in [0.4, 0.5) is 0 Å². The van der Waals surface area contributed by atoms with Crippen LogP contribution in [0.2, 0.25) is 0 Å². The molecule has 82 valence electrons. The van der Waals surface area contributed by atoms with Gasteiger partial charge >= 0.3 is 0 Å². The molecule has 2 N–H and O–H groups in total. The summed E-state index contributed by atoms with van der Waals surface area (Å²) in [5.41, 5.74) is 6.27.